The maximum atomic E-state index is 10.7. The summed E-state index contributed by atoms with van der Waals surface area (Å²) in [5.41, 5.74) is -0.198. The maximum Gasteiger partial charge on any atom is 0.329 e. The topological polar surface area (TPSA) is 101 Å². The van der Waals surface area contributed by atoms with Crippen molar-refractivity contribution in [1.29, 1.82) is 0 Å². The maximum absolute atomic E-state index is 10.7. The average molecular weight is 261 g/mol. The van der Waals surface area contributed by atoms with Gasteiger partial charge in [0.1, 0.15) is 6.20 Å². The van der Waals surface area contributed by atoms with Crippen molar-refractivity contribution in [3.8, 4) is 0 Å². The third-order valence-corrected chi connectivity index (χ3v) is 2.25. The Hall–Kier alpha value is -1.47. The number of nitro groups is 1. The number of nitrogens with zero attached hydrogens (tertiary/aromatic N) is 3. The SMILES string of the molecule is O=[N+]([O-])c1cnc(Cl)nc1NCCCCCO. The molecule has 0 aromatic carbocycles. The number of aliphatic hydroxyl groups excluding tert-OH is 1. The molecule has 2 N–H and O–H groups in total. The van der Waals surface area contributed by atoms with Crippen LogP contribution in [0.5, 0.6) is 0 Å². The van der Waals surface area contributed by atoms with Crippen LogP contribution in [0.3, 0.4) is 0 Å². The Kier molecular flexibility index (Phi) is 5.58. The zero-order valence-electron chi connectivity index (χ0n) is 9.10. The van der Waals surface area contributed by atoms with Gasteiger partial charge in [0.05, 0.1) is 4.92 Å². The monoisotopic (exact) mass is 260 g/mol. The van der Waals surface area contributed by atoms with Gasteiger partial charge in [0, 0.05) is 13.2 Å². The standard InChI is InChI=1S/C9H13ClN4O3/c10-9-12-6-7(14(16)17)8(13-9)11-4-2-1-3-5-15/h6,15H,1-5H2,(H,11,12,13). The number of rotatable bonds is 7. The highest BCUT2D eigenvalue weighted by molar-refractivity contribution is 6.28. The number of hydrogen-bond donors (Lipinski definition) is 2. The molecule has 1 heterocycles. The lowest BCUT2D eigenvalue weighted by atomic mass is 10.2. The molecule has 0 spiro atoms. The van der Waals surface area contributed by atoms with Gasteiger partial charge in [0.2, 0.25) is 11.1 Å². The first-order valence-corrected chi connectivity index (χ1v) is 5.54. The Balaban J connectivity index is 2.56. The van der Waals surface area contributed by atoms with Crippen LogP contribution in [0.25, 0.3) is 0 Å². The van der Waals surface area contributed by atoms with E-state index in [4.69, 9.17) is 16.7 Å². The zero-order valence-corrected chi connectivity index (χ0v) is 9.85. The molecule has 0 aliphatic rings. The van der Waals surface area contributed by atoms with Crippen LogP contribution in [-0.2, 0) is 0 Å². The van der Waals surface area contributed by atoms with Gasteiger partial charge in [-0.2, -0.15) is 4.98 Å². The first-order valence-electron chi connectivity index (χ1n) is 5.17. The van der Waals surface area contributed by atoms with Crippen molar-refractivity contribution in [2.24, 2.45) is 0 Å². The van der Waals surface area contributed by atoms with Gasteiger partial charge < -0.3 is 10.4 Å². The molecule has 0 amide bonds. The molecular formula is C9H13ClN4O3. The molecule has 17 heavy (non-hydrogen) atoms. The molecule has 1 rings (SSSR count). The van der Waals surface area contributed by atoms with Crippen molar-refractivity contribution < 1.29 is 10.0 Å². The van der Waals surface area contributed by atoms with E-state index in [1.165, 1.54) is 0 Å². The third kappa shape index (κ3) is 4.49. The van der Waals surface area contributed by atoms with Crippen LogP contribution in [0.2, 0.25) is 5.28 Å². The van der Waals surface area contributed by atoms with Crippen LogP contribution in [0.4, 0.5) is 11.5 Å². The molecule has 7 nitrogen and oxygen atoms in total. The Morgan fingerprint density at radius 1 is 1.47 bits per heavy atom. The highest BCUT2D eigenvalue weighted by Crippen LogP contribution is 2.21. The van der Waals surface area contributed by atoms with Crippen molar-refractivity contribution in [2.45, 2.75) is 19.3 Å². The van der Waals surface area contributed by atoms with Crippen LogP contribution < -0.4 is 5.32 Å². The van der Waals surface area contributed by atoms with Gasteiger partial charge in [0.15, 0.2) is 0 Å². The van der Waals surface area contributed by atoms with Gasteiger partial charge in [-0.1, -0.05) is 0 Å². The molecule has 94 valence electrons. The van der Waals surface area contributed by atoms with Crippen molar-refractivity contribution in [3.05, 3.63) is 21.6 Å². The van der Waals surface area contributed by atoms with Gasteiger partial charge in [-0.05, 0) is 30.9 Å². The molecule has 0 radical (unpaired) electrons. The molecule has 8 heteroatoms. The predicted octanol–water partition coefficient (Wildman–Crippen LogP) is 1.61. The molecule has 0 aliphatic heterocycles. The fraction of sp³-hybridized carbons (Fsp3) is 0.556. The molecule has 0 unspecified atom stereocenters. The lowest BCUT2D eigenvalue weighted by Crippen LogP contribution is -2.07. The molecule has 0 saturated carbocycles. The molecule has 0 aliphatic carbocycles. The number of aliphatic hydroxyl groups is 1. The Bertz CT molecular complexity index is 389. The highest BCUT2D eigenvalue weighted by Gasteiger charge is 2.15. The molecule has 0 saturated heterocycles. The average Bonchev–Trinajstić information content (AvgIpc) is 2.28. The van der Waals surface area contributed by atoms with Crippen molar-refractivity contribution >= 4 is 23.1 Å². The van der Waals surface area contributed by atoms with E-state index >= 15 is 0 Å². The van der Waals surface area contributed by atoms with Crippen LogP contribution in [0.1, 0.15) is 19.3 Å². The van der Waals surface area contributed by atoms with Crippen LogP contribution in [0.15, 0.2) is 6.20 Å². The van der Waals surface area contributed by atoms with E-state index in [0.717, 1.165) is 19.0 Å². The smallest absolute Gasteiger partial charge is 0.329 e. The molecular weight excluding hydrogens is 248 g/mol. The largest absolute Gasteiger partial charge is 0.396 e. The van der Waals surface area contributed by atoms with Crippen molar-refractivity contribution in [1.82, 2.24) is 9.97 Å². The van der Waals surface area contributed by atoms with Gasteiger partial charge in [-0.3, -0.25) is 10.1 Å². The van der Waals surface area contributed by atoms with E-state index in [0.29, 0.717) is 13.0 Å². The summed E-state index contributed by atoms with van der Waals surface area (Å²) in [6.45, 7) is 0.688. The number of halogens is 1. The molecule has 1 aromatic heterocycles. The lowest BCUT2D eigenvalue weighted by molar-refractivity contribution is -0.384. The minimum Gasteiger partial charge on any atom is -0.396 e. The van der Waals surface area contributed by atoms with Crippen LogP contribution >= 0.6 is 11.6 Å². The van der Waals surface area contributed by atoms with E-state index in [1.54, 1.807) is 0 Å². The second kappa shape index (κ2) is 6.97. The first-order chi connectivity index (χ1) is 8.15. The van der Waals surface area contributed by atoms with Crippen LogP contribution in [0, 0.1) is 10.1 Å². The van der Waals surface area contributed by atoms with E-state index < -0.39 is 4.92 Å². The lowest BCUT2D eigenvalue weighted by Gasteiger charge is -2.05. The minimum absolute atomic E-state index is 0.0338. The van der Waals surface area contributed by atoms with Crippen LogP contribution in [-0.4, -0.2) is 33.1 Å². The highest BCUT2D eigenvalue weighted by atomic mass is 35.5. The Labute approximate surface area is 103 Å². The second-order valence-electron chi connectivity index (χ2n) is 3.34. The van der Waals surface area contributed by atoms with Crippen molar-refractivity contribution in [3.63, 3.8) is 0 Å². The molecule has 0 fully saturated rings. The van der Waals surface area contributed by atoms with E-state index in [-0.39, 0.29) is 23.4 Å². The summed E-state index contributed by atoms with van der Waals surface area (Å²) < 4.78 is 0. The van der Waals surface area contributed by atoms with E-state index in [2.05, 4.69) is 15.3 Å². The summed E-state index contributed by atoms with van der Waals surface area (Å²) in [5, 5.41) is 22.1. The fourth-order valence-electron chi connectivity index (χ4n) is 1.24. The number of hydrogen-bond acceptors (Lipinski definition) is 6. The van der Waals surface area contributed by atoms with E-state index in [1.807, 2.05) is 0 Å². The Morgan fingerprint density at radius 3 is 2.88 bits per heavy atom. The summed E-state index contributed by atoms with van der Waals surface area (Å²) in [6.07, 6.45) is 3.43. The van der Waals surface area contributed by atoms with Crippen molar-refractivity contribution in [2.75, 3.05) is 18.5 Å². The fourth-order valence-corrected chi connectivity index (χ4v) is 1.37. The summed E-state index contributed by atoms with van der Waals surface area (Å²) in [5.74, 6) is 0.124. The first kappa shape index (κ1) is 13.6. The summed E-state index contributed by atoms with van der Waals surface area (Å²) in [7, 11) is 0. The summed E-state index contributed by atoms with van der Waals surface area (Å²) >= 11 is 5.57. The summed E-state index contributed by atoms with van der Waals surface area (Å²) in [6, 6.07) is 0. The molecule has 0 bridgehead atoms. The number of anilines is 1. The minimum atomic E-state index is -0.563. The van der Waals surface area contributed by atoms with Gasteiger partial charge in [-0.15, -0.1) is 0 Å². The zero-order chi connectivity index (χ0) is 12.7. The number of nitrogens with one attached hydrogen (secondary N) is 1. The summed E-state index contributed by atoms with van der Waals surface area (Å²) in [4.78, 5) is 17.4. The van der Waals surface area contributed by atoms with E-state index in [9.17, 15) is 10.1 Å². The molecule has 1 aromatic rings. The normalized spacial score (nSPS) is 10.2. The van der Waals surface area contributed by atoms with Gasteiger partial charge in [-0.25, -0.2) is 4.98 Å². The Morgan fingerprint density at radius 2 is 2.24 bits per heavy atom. The molecule has 0 atom stereocenters. The second-order valence-corrected chi connectivity index (χ2v) is 3.68. The predicted molar refractivity (Wildman–Crippen MR) is 63.1 cm³/mol. The van der Waals surface area contributed by atoms with Gasteiger partial charge >= 0.3 is 5.69 Å². The van der Waals surface area contributed by atoms with Gasteiger partial charge in [0.25, 0.3) is 0 Å². The third-order valence-electron chi connectivity index (χ3n) is 2.06. The quantitative estimate of drug-likeness (QED) is 0.334. The number of aromatic nitrogens is 2. The number of unbranched alkanes of at least 4 members (excludes halogenated alkanes) is 2.